The van der Waals surface area contributed by atoms with E-state index in [0.717, 1.165) is 0 Å². The van der Waals surface area contributed by atoms with Gasteiger partial charge in [0.15, 0.2) is 0 Å². The van der Waals surface area contributed by atoms with Gasteiger partial charge in [0.1, 0.15) is 23.1 Å². The van der Waals surface area contributed by atoms with Crippen LogP contribution in [0.3, 0.4) is 0 Å². The van der Waals surface area contributed by atoms with Gasteiger partial charge in [-0.1, -0.05) is 11.6 Å². The van der Waals surface area contributed by atoms with Crippen LogP contribution in [0.2, 0.25) is 5.02 Å². The van der Waals surface area contributed by atoms with Crippen molar-refractivity contribution in [3.8, 4) is 6.07 Å². The molecule has 0 aliphatic heterocycles. The molecule has 0 amide bonds. The van der Waals surface area contributed by atoms with E-state index in [1.807, 2.05) is 6.07 Å². The Hall–Kier alpha value is -3.11. The number of fused-ring (bicyclic) bond motifs is 1. The van der Waals surface area contributed by atoms with Gasteiger partial charge in [-0.25, -0.2) is 4.98 Å². The molecule has 3 rings (SSSR count). The number of nitrogens with one attached hydrogen (secondary N) is 2. The molecule has 0 fully saturated rings. The predicted octanol–water partition coefficient (Wildman–Crippen LogP) is 2.32. The highest BCUT2D eigenvalue weighted by molar-refractivity contribution is 6.31. The predicted molar refractivity (Wildman–Crippen MR) is 95.8 cm³/mol. The van der Waals surface area contributed by atoms with E-state index in [9.17, 15) is 9.59 Å². The van der Waals surface area contributed by atoms with Crippen LogP contribution < -0.4 is 16.4 Å². The van der Waals surface area contributed by atoms with Crippen LogP contribution in [0.15, 0.2) is 39.9 Å². The fourth-order valence-corrected chi connectivity index (χ4v) is 2.69. The van der Waals surface area contributed by atoms with Gasteiger partial charge in [0.05, 0.1) is 17.1 Å². The second-order valence-corrected chi connectivity index (χ2v) is 6.02. The number of nitrogens with zero attached hydrogens (tertiary/aromatic N) is 3. The lowest BCUT2D eigenvalue weighted by Crippen LogP contribution is -2.27. The van der Waals surface area contributed by atoms with Crippen molar-refractivity contribution in [1.82, 2.24) is 14.5 Å². The van der Waals surface area contributed by atoms with Gasteiger partial charge in [0.25, 0.3) is 11.1 Å². The topological polar surface area (TPSA) is 104 Å². The van der Waals surface area contributed by atoms with Gasteiger partial charge in [-0.15, -0.1) is 0 Å². The third-order valence-corrected chi connectivity index (χ3v) is 4.12. The highest BCUT2D eigenvalue weighted by Crippen LogP contribution is 2.18. The molecule has 8 heteroatoms. The van der Waals surface area contributed by atoms with Crippen molar-refractivity contribution in [2.24, 2.45) is 7.05 Å². The van der Waals surface area contributed by atoms with E-state index in [0.29, 0.717) is 16.1 Å². The molecule has 25 heavy (non-hydrogen) atoms. The van der Waals surface area contributed by atoms with Crippen molar-refractivity contribution < 1.29 is 0 Å². The summed E-state index contributed by atoms with van der Waals surface area (Å²) in [6.45, 7) is 1.73. The molecular weight excluding hydrogens is 342 g/mol. The molecule has 0 aliphatic rings. The molecule has 0 saturated heterocycles. The van der Waals surface area contributed by atoms with Crippen molar-refractivity contribution in [3.63, 3.8) is 0 Å². The number of halogens is 1. The number of nitriles is 1. The summed E-state index contributed by atoms with van der Waals surface area (Å²) in [5, 5.41) is 12.5. The van der Waals surface area contributed by atoms with Crippen molar-refractivity contribution in [3.05, 3.63) is 67.4 Å². The Labute approximate surface area is 147 Å². The molecule has 126 valence electrons. The molecule has 2 heterocycles. The van der Waals surface area contributed by atoms with Crippen LogP contribution in [0.5, 0.6) is 0 Å². The van der Waals surface area contributed by atoms with Crippen molar-refractivity contribution in [1.29, 1.82) is 5.26 Å². The largest absolute Gasteiger partial charge is 0.372 e. The van der Waals surface area contributed by atoms with Crippen LogP contribution in [-0.2, 0) is 7.05 Å². The molecule has 0 unspecified atom stereocenters. The maximum Gasteiger partial charge on any atom is 0.274 e. The average molecular weight is 356 g/mol. The number of rotatable bonds is 3. The van der Waals surface area contributed by atoms with E-state index >= 15 is 0 Å². The Kier molecular flexibility index (Phi) is 4.30. The second kappa shape index (κ2) is 6.42. The fraction of sp³-hybridized carbons (Fsp3) is 0.176. The van der Waals surface area contributed by atoms with E-state index in [2.05, 4.69) is 15.3 Å². The maximum atomic E-state index is 12.3. The number of aromatic nitrogens is 3. The van der Waals surface area contributed by atoms with E-state index in [1.165, 1.54) is 23.7 Å². The summed E-state index contributed by atoms with van der Waals surface area (Å²) in [5.74, 6) is 0. The Morgan fingerprint density at radius 2 is 2.08 bits per heavy atom. The third kappa shape index (κ3) is 3.12. The summed E-state index contributed by atoms with van der Waals surface area (Å²) in [6, 6.07) is 9.48. The highest BCUT2D eigenvalue weighted by Gasteiger charge is 2.15. The molecule has 7 nitrogen and oxygen atoms in total. The summed E-state index contributed by atoms with van der Waals surface area (Å²) in [7, 11) is 1.51. The van der Waals surface area contributed by atoms with Crippen LogP contribution in [0.4, 0.5) is 5.69 Å². The van der Waals surface area contributed by atoms with E-state index < -0.39 is 6.04 Å². The maximum absolute atomic E-state index is 12.3. The first-order chi connectivity index (χ1) is 11.9. The Morgan fingerprint density at radius 3 is 2.80 bits per heavy atom. The molecule has 0 aliphatic carbocycles. The summed E-state index contributed by atoms with van der Waals surface area (Å²) in [4.78, 5) is 31.7. The number of pyridine rings is 1. The van der Waals surface area contributed by atoms with Crippen LogP contribution in [0, 0.1) is 11.3 Å². The van der Waals surface area contributed by atoms with Gasteiger partial charge in [-0.3, -0.25) is 9.59 Å². The Balaban J connectivity index is 2.01. The lowest BCUT2D eigenvalue weighted by atomic mass is 10.2. The number of hydrogen-bond acceptors (Lipinski definition) is 5. The molecule has 0 radical (unpaired) electrons. The second-order valence-electron chi connectivity index (χ2n) is 5.59. The number of anilines is 1. The van der Waals surface area contributed by atoms with E-state index in [-0.39, 0.29) is 28.2 Å². The first-order valence-electron chi connectivity index (χ1n) is 7.47. The zero-order valence-corrected chi connectivity index (χ0v) is 14.3. The summed E-state index contributed by atoms with van der Waals surface area (Å²) in [5.41, 5.74) is 1.21. The number of aromatic amines is 1. The molecule has 3 aromatic rings. The first-order valence-corrected chi connectivity index (χ1v) is 7.84. The average Bonchev–Trinajstić information content (AvgIpc) is 2.59. The Morgan fingerprint density at radius 1 is 1.32 bits per heavy atom. The van der Waals surface area contributed by atoms with Crippen LogP contribution in [0.25, 0.3) is 11.0 Å². The van der Waals surface area contributed by atoms with Gasteiger partial charge < -0.3 is 14.9 Å². The van der Waals surface area contributed by atoms with Gasteiger partial charge in [0.2, 0.25) is 0 Å². The number of H-pyrrole nitrogens is 1. The molecular formula is C17H14ClN5O2. The monoisotopic (exact) mass is 355 g/mol. The summed E-state index contributed by atoms with van der Waals surface area (Å²) >= 11 is 5.97. The first kappa shape index (κ1) is 16.7. The quantitative estimate of drug-likeness (QED) is 0.750. The van der Waals surface area contributed by atoms with Gasteiger partial charge in [-0.05, 0) is 37.3 Å². The number of benzene rings is 1. The minimum absolute atomic E-state index is 0.237. The molecule has 2 N–H and O–H groups in total. The molecule has 0 bridgehead atoms. The van der Waals surface area contributed by atoms with E-state index in [4.69, 9.17) is 16.9 Å². The van der Waals surface area contributed by atoms with Crippen LogP contribution in [0.1, 0.15) is 24.4 Å². The molecule has 0 spiro atoms. The van der Waals surface area contributed by atoms with E-state index in [1.54, 1.807) is 25.1 Å². The standard InChI is InChI=1S/C17H14ClN5O2/c1-9(20-13-6-4-11(8-19)23(2)17(13)25)15-16(24)22-12-5-3-10(18)7-14(12)21-15/h3-7,9,20H,1-2H3,(H,22,24)/t9-/m1/s1. The lowest BCUT2D eigenvalue weighted by molar-refractivity contribution is 0.799. The third-order valence-electron chi connectivity index (χ3n) is 3.88. The SMILES string of the molecule is C[C@@H](Nc1ccc(C#N)n(C)c1=O)c1nc2cc(Cl)ccc2[nH]c1=O. The summed E-state index contributed by atoms with van der Waals surface area (Å²) in [6.07, 6.45) is 0. The van der Waals surface area contributed by atoms with Crippen molar-refractivity contribution in [2.75, 3.05) is 5.32 Å². The molecule has 0 saturated carbocycles. The highest BCUT2D eigenvalue weighted by atomic mass is 35.5. The zero-order chi connectivity index (χ0) is 18.1. The van der Waals surface area contributed by atoms with Gasteiger partial charge in [-0.2, -0.15) is 5.26 Å². The Bertz CT molecular complexity index is 1130. The van der Waals surface area contributed by atoms with Crippen LogP contribution in [-0.4, -0.2) is 14.5 Å². The normalized spacial score (nSPS) is 11.9. The van der Waals surface area contributed by atoms with Crippen molar-refractivity contribution >= 4 is 28.3 Å². The number of hydrogen-bond donors (Lipinski definition) is 2. The molecule has 1 aromatic carbocycles. The summed E-state index contributed by atoms with van der Waals surface area (Å²) < 4.78 is 1.24. The van der Waals surface area contributed by atoms with Crippen LogP contribution >= 0.6 is 11.6 Å². The molecule has 1 atom stereocenters. The van der Waals surface area contributed by atoms with Gasteiger partial charge >= 0.3 is 0 Å². The van der Waals surface area contributed by atoms with Gasteiger partial charge in [0, 0.05) is 12.1 Å². The minimum Gasteiger partial charge on any atom is -0.372 e. The minimum atomic E-state index is -0.521. The van der Waals surface area contributed by atoms with Crippen molar-refractivity contribution in [2.45, 2.75) is 13.0 Å². The fourth-order valence-electron chi connectivity index (χ4n) is 2.52. The molecule has 2 aromatic heterocycles. The smallest absolute Gasteiger partial charge is 0.274 e. The lowest BCUT2D eigenvalue weighted by Gasteiger charge is -2.15. The zero-order valence-electron chi connectivity index (χ0n) is 13.5.